The van der Waals surface area contributed by atoms with Gasteiger partial charge in [0, 0.05) is 11.4 Å². The molecule has 2 saturated carbocycles. The molecule has 3 atom stereocenters. The second kappa shape index (κ2) is 6.65. The summed E-state index contributed by atoms with van der Waals surface area (Å²) in [6, 6.07) is 15.8. The lowest BCUT2D eigenvalue weighted by Gasteiger charge is -2.42. The maximum atomic E-state index is 2.71. The molecule has 0 bridgehead atoms. The second-order valence-electron chi connectivity index (χ2n) is 7.90. The summed E-state index contributed by atoms with van der Waals surface area (Å²) < 4.78 is 0. The van der Waals surface area contributed by atoms with Gasteiger partial charge in [0.1, 0.15) is 0 Å². The Kier molecular flexibility index (Phi) is 4.53. The van der Waals surface area contributed by atoms with Crippen molar-refractivity contribution in [3.63, 3.8) is 0 Å². The molecule has 0 aliphatic heterocycles. The molecule has 0 N–H and O–H groups in total. The summed E-state index contributed by atoms with van der Waals surface area (Å²) in [5, 5.41) is 2.26. The highest BCUT2D eigenvalue weighted by atomic mass is 32.1. The lowest BCUT2D eigenvalue weighted by atomic mass is 9.85. The van der Waals surface area contributed by atoms with Crippen molar-refractivity contribution in [3.05, 3.63) is 58.3 Å². The highest BCUT2D eigenvalue weighted by Crippen LogP contribution is 2.55. The van der Waals surface area contributed by atoms with E-state index in [9.17, 15) is 0 Å². The van der Waals surface area contributed by atoms with Crippen LogP contribution in [0.4, 0.5) is 0 Å². The van der Waals surface area contributed by atoms with Crippen LogP contribution in [-0.4, -0.2) is 18.5 Å². The third kappa shape index (κ3) is 3.19. The molecule has 1 heterocycles. The highest BCUT2D eigenvalue weighted by Gasteiger charge is 2.47. The molecule has 2 heteroatoms. The third-order valence-electron chi connectivity index (χ3n) is 6.27. The minimum absolute atomic E-state index is 0.241. The first-order valence-electron chi connectivity index (χ1n) is 9.53. The molecule has 2 aliphatic rings. The molecule has 24 heavy (non-hydrogen) atoms. The molecule has 1 aromatic heterocycles. The third-order valence-corrected chi connectivity index (χ3v) is 7.34. The lowest BCUT2D eigenvalue weighted by Crippen LogP contribution is -2.44. The number of benzene rings is 1. The van der Waals surface area contributed by atoms with Gasteiger partial charge in [-0.1, -0.05) is 43.3 Å². The van der Waals surface area contributed by atoms with Gasteiger partial charge in [-0.3, -0.25) is 4.90 Å². The van der Waals surface area contributed by atoms with Gasteiger partial charge < -0.3 is 0 Å². The Morgan fingerprint density at radius 3 is 2.54 bits per heavy atom. The van der Waals surface area contributed by atoms with E-state index in [1.165, 1.54) is 38.6 Å². The standard InChI is InChI=1S/C22H29NS/c1-3-22(21-10-7-13-24-21,23(2)16-17-11-12-17)15-19-14-20(19)18-8-5-4-6-9-18/h4-10,13,17,19-20H,3,11-12,14-16H2,1-2H3. The SMILES string of the molecule is CCC(CC1CC1c1ccccc1)(c1cccs1)N(C)CC1CC1. The van der Waals surface area contributed by atoms with Gasteiger partial charge in [0.05, 0.1) is 5.54 Å². The number of hydrogen-bond donors (Lipinski definition) is 0. The van der Waals surface area contributed by atoms with Crippen LogP contribution in [-0.2, 0) is 5.54 Å². The average molecular weight is 340 g/mol. The van der Waals surface area contributed by atoms with Crippen LogP contribution in [0.25, 0.3) is 0 Å². The van der Waals surface area contributed by atoms with Gasteiger partial charge in [-0.2, -0.15) is 0 Å². The first kappa shape index (κ1) is 16.4. The van der Waals surface area contributed by atoms with E-state index in [0.29, 0.717) is 0 Å². The Morgan fingerprint density at radius 1 is 1.12 bits per heavy atom. The van der Waals surface area contributed by atoms with Crippen LogP contribution in [0.2, 0.25) is 0 Å². The quantitative estimate of drug-likeness (QED) is 0.579. The predicted octanol–water partition coefficient (Wildman–Crippen LogP) is 5.89. The molecule has 2 fully saturated rings. The smallest absolute Gasteiger partial charge is 0.0551 e. The fraction of sp³-hybridized carbons (Fsp3) is 0.545. The fourth-order valence-corrected chi connectivity index (χ4v) is 5.52. The molecule has 4 rings (SSSR count). The van der Waals surface area contributed by atoms with E-state index in [1.807, 2.05) is 11.3 Å². The zero-order chi connectivity index (χ0) is 16.6. The van der Waals surface area contributed by atoms with Gasteiger partial charge >= 0.3 is 0 Å². The molecule has 128 valence electrons. The van der Waals surface area contributed by atoms with E-state index < -0.39 is 0 Å². The number of hydrogen-bond acceptors (Lipinski definition) is 2. The Labute approximate surface area is 150 Å². The number of nitrogens with zero attached hydrogens (tertiary/aromatic N) is 1. The molecule has 2 aromatic rings. The van der Waals surface area contributed by atoms with Crippen molar-refractivity contribution < 1.29 is 0 Å². The van der Waals surface area contributed by atoms with Crippen molar-refractivity contribution in [2.24, 2.45) is 11.8 Å². The first-order chi connectivity index (χ1) is 11.7. The molecule has 0 amide bonds. The van der Waals surface area contributed by atoms with Crippen LogP contribution in [0.15, 0.2) is 47.8 Å². The van der Waals surface area contributed by atoms with Crippen molar-refractivity contribution in [1.82, 2.24) is 4.90 Å². The van der Waals surface area contributed by atoms with Gasteiger partial charge in [-0.05, 0) is 73.9 Å². The highest BCUT2D eigenvalue weighted by molar-refractivity contribution is 7.10. The van der Waals surface area contributed by atoms with Crippen molar-refractivity contribution in [2.75, 3.05) is 13.6 Å². The van der Waals surface area contributed by atoms with E-state index in [4.69, 9.17) is 0 Å². The minimum atomic E-state index is 0.241. The van der Waals surface area contributed by atoms with Crippen LogP contribution in [0, 0.1) is 11.8 Å². The molecule has 1 nitrogen and oxygen atoms in total. The van der Waals surface area contributed by atoms with Crippen molar-refractivity contribution >= 4 is 11.3 Å². The van der Waals surface area contributed by atoms with Gasteiger partial charge in [-0.15, -0.1) is 11.3 Å². The maximum absolute atomic E-state index is 2.71. The summed E-state index contributed by atoms with van der Waals surface area (Å²) in [7, 11) is 2.38. The second-order valence-corrected chi connectivity index (χ2v) is 8.85. The van der Waals surface area contributed by atoms with E-state index in [-0.39, 0.29) is 5.54 Å². The summed E-state index contributed by atoms with van der Waals surface area (Å²) >= 11 is 1.96. The zero-order valence-electron chi connectivity index (χ0n) is 14.9. The Bertz CT molecular complexity index is 646. The topological polar surface area (TPSA) is 3.24 Å². The van der Waals surface area contributed by atoms with Crippen LogP contribution >= 0.6 is 11.3 Å². The molecule has 0 radical (unpaired) electrons. The molecule has 3 unspecified atom stereocenters. The van der Waals surface area contributed by atoms with E-state index in [0.717, 1.165) is 17.8 Å². The lowest BCUT2D eigenvalue weighted by molar-refractivity contribution is 0.0918. The Morgan fingerprint density at radius 2 is 1.92 bits per heavy atom. The first-order valence-corrected chi connectivity index (χ1v) is 10.4. The number of thiophene rings is 1. The summed E-state index contributed by atoms with van der Waals surface area (Å²) in [5.74, 6) is 2.58. The molecule has 1 aromatic carbocycles. The van der Waals surface area contributed by atoms with Crippen LogP contribution in [0.5, 0.6) is 0 Å². The summed E-state index contributed by atoms with van der Waals surface area (Å²) in [6.45, 7) is 3.66. The maximum Gasteiger partial charge on any atom is 0.0551 e. The molecule has 2 aliphatic carbocycles. The van der Waals surface area contributed by atoms with Crippen molar-refractivity contribution in [3.8, 4) is 0 Å². The predicted molar refractivity (Wildman–Crippen MR) is 104 cm³/mol. The minimum Gasteiger partial charge on any atom is -0.296 e. The summed E-state index contributed by atoms with van der Waals surface area (Å²) in [5.41, 5.74) is 1.79. The molecular weight excluding hydrogens is 310 g/mol. The van der Waals surface area contributed by atoms with Gasteiger partial charge in [0.2, 0.25) is 0 Å². The molecule has 0 saturated heterocycles. The normalized spacial score (nSPS) is 25.6. The summed E-state index contributed by atoms with van der Waals surface area (Å²) in [4.78, 5) is 4.28. The van der Waals surface area contributed by atoms with Crippen LogP contribution in [0.1, 0.15) is 55.4 Å². The largest absolute Gasteiger partial charge is 0.296 e. The van der Waals surface area contributed by atoms with E-state index >= 15 is 0 Å². The van der Waals surface area contributed by atoms with Gasteiger partial charge in [0.15, 0.2) is 0 Å². The van der Waals surface area contributed by atoms with Gasteiger partial charge in [-0.25, -0.2) is 0 Å². The van der Waals surface area contributed by atoms with Crippen LogP contribution in [0.3, 0.4) is 0 Å². The molecule has 0 spiro atoms. The van der Waals surface area contributed by atoms with Crippen molar-refractivity contribution in [2.45, 2.75) is 50.5 Å². The Hall–Kier alpha value is -1.12. The van der Waals surface area contributed by atoms with Crippen LogP contribution < -0.4 is 0 Å². The fourth-order valence-electron chi connectivity index (χ4n) is 4.45. The monoisotopic (exact) mass is 339 g/mol. The van der Waals surface area contributed by atoms with Gasteiger partial charge in [0.25, 0.3) is 0 Å². The average Bonchev–Trinajstić information content (AvgIpc) is 3.52. The van der Waals surface area contributed by atoms with Crippen molar-refractivity contribution in [1.29, 1.82) is 0 Å². The number of rotatable bonds is 8. The van der Waals surface area contributed by atoms with E-state index in [2.05, 4.69) is 66.7 Å². The Balaban J connectivity index is 1.54. The summed E-state index contributed by atoms with van der Waals surface area (Å²) in [6.07, 6.45) is 6.77. The molecular formula is C22H29NS. The van der Waals surface area contributed by atoms with E-state index in [1.54, 1.807) is 10.4 Å². The zero-order valence-corrected chi connectivity index (χ0v) is 15.8.